The minimum atomic E-state index is 0.241. The number of aromatic nitrogens is 4. The SMILES string of the molecule is COc1cc2[nH]ncc2c2c1N[C@@H](c1ccc3c(N)n[nH]c3c1)[C@@H]1[C@@H]3CC[C@H](C3)[C@H]21. The summed E-state index contributed by atoms with van der Waals surface area (Å²) < 4.78 is 5.83. The van der Waals surface area contributed by atoms with E-state index in [2.05, 4.69) is 50.0 Å². The van der Waals surface area contributed by atoms with Gasteiger partial charge in [-0.1, -0.05) is 6.07 Å². The zero-order valence-electron chi connectivity index (χ0n) is 16.8. The van der Waals surface area contributed by atoms with Crippen LogP contribution in [0.25, 0.3) is 21.8 Å². The number of nitrogens with zero attached hydrogens (tertiary/aromatic N) is 2. The van der Waals surface area contributed by atoms with E-state index in [1.54, 1.807) is 7.11 Å². The lowest BCUT2D eigenvalue weighted by atomic mass is 9.67. The van der Waals surface area contributed by atoms with E-state index in [1.165, 1.54) is 35.8 Å². The second kappa shape index (κ2) is 5.68. The van der Waals surface area contributed by atoms with Crippen molar-refractivity contribution in [1.29, 1.82) is 0 Å². The summed E-state index contributed by atoms with van der Waals surface area (Å²) in [5.74, 6) is 4.03. The molecule has 3 heterocycles. The highest BCUT2D eigenvalue weighted by Crippen LogP contribution is 2.65. The Morgan fingerprint density at radius 1 is 1.07 bits per heavy atom. The molecule has 0 unspecified atom stereocenters. The van der Waals surface area contributed by atoms with Crippen molar-refractivity contribution in [3.8, 4) is 5.75 Å². The second-order valence-corrected chi connectivity index (χ2v) is 9.17. The van der Waals surface area contributed by atoms with E-state index >= 15 is 0 Å². The number of aromatic amines is 2. The van der Waals surface area contributed by atoms with Gasteiger partial charge in [0.1, 0.15) is 5.75 Å². The predicted octanol–water partition coefficient (Wildman–Crippen LogP) is 4.33. The first kappa shape index (κ1) is 16.6. The normalized spacial score (nSPS) is 29.2. The smallest absolute Gasteiger partial charge is 0.153 e. The first-order valence-corrected chi connectivity index (χ1v) is 10.8. The number of anilines is 2. The van der Waals surface area contributed by atoms with Crippen LogP contribution in [0.3, 0.4) is 0 Å². The number of benzene rings is 2. The van der Waals surface area contributed by atoms with Gasteiger partial charge in [-0.3, -0.25) is 10.2 Å². The van der Waals surface area contributed by atoms with Crippen LogP contribution in [-0.2, 0) is 0 Å². The molecule has 7 nitrogen and oxygen atoms in total. The maximum absolute atomic E-state index is 6.00. The molecular formula is C23H24N6O. The molecular weight excluding hydrogens is 376 g/mol. The predicted molar refractivity (Wildman–Crippen MR) is 117 cm³/mol. The zero-order chi connectivity index (χ0) is 20.0. The van der Waals surface area contributed by atoms with Crippen LogP contribution >= 0.6 is 0 Å². The van der Waals surface area contributed by atoms with Gasteiger partial charge in [0.15, 0.2) is 5.82 Å². The van der Waals surface area contributed by atoms with Crippen LogP contribution in [-0.4, -0.2) is 27.5 Å². The zero-order valence-corrected chi connectivity index (χ0v) is 16.8. The number of nitrogens with two attached hydrogens (primary N) is 1. The Kier molecular flexibility index (Phi) is 3.14. The van der Waals surface area contributed by atoms with Crippen molar-refractivity contribution in [2.24, 2.45) is 17.8 Å². The van der Waals surface area contributed by atoms with E-state index in [0.29, 0.717) is 17.7 Å². The summed E-state index contributed by atoms with van der Waals surface area (Å²) in [5.41, 5.74) is 11.9. The average Bonchev–Trinajstić information content (AvgIpc) is 3.56. The third kappa shape index (κ3) is 2.00. The molecule has 5 atom stereocenters. The number of H-pyrrole nitrogens is 2. The van der Waals surface area contributed by atoms with Gasteiger partial charge in [0.25, 0.3) is 0 Å². The Balaban J connectivity index is 1.45. The molecule has 7 heteroatoms. The van der Waals surface area contributed by atoms with Crippen LogP contribution < -0.4 is 15.8 Å². The van der Waals surface area contributed by atoms with Crippen molar-refractivity contribution in [2.75, 3.05) is 18.2 Å². The quantitative estimate of drug-likeness (QED) is 0.401. The first-order chi connectivity index (χ1) is 14.7. The van der Waals surface area contributed by atoms with Gasteiger partial charge in [-0.2, -0.15) is 10.2 Å². The number of hydrogen-bond donors (Lipinski definition) is 4. The molecule has 7 rings (SSSR count). The molecule has 5 N–H and O–H groups in total. The van der Waals surface area contributed by atoms with E-state index in [9.17, 15) is 0 Å². The standard InChI is InChI=1S/C23H24N6O/c1-30-17-8-16-14(9-25-27-16)20-18-10-2-3-11(6-10)19(18)21(26-22(17)20)12-4-5-13-15(7-12)28-29-23(13)24/h4-5,7-11,18-19,21,26H,2-3,6H2,1H3,(H,25,27)(H3,24,28,29)/t10-,11-,18+,19-,21+/m1/s1. The molecule has 0 saturated heterocycles. The number of methoxy groups -OCH3 is 1. The number of nitrogen functional groups attached to an aromatic ring is 1. The fraction of sp³-hybridized carbons (Fsp3) is 0.391. The van der Waals surface area contributed by atoms with Gasteiger partial charge in [-0.05, 0) is 66.2 Å². The lowest BCUT2D eigenvalue weighted by Crippen LogP contribution is -2.35. The fourth-order valence-corrected chi connectivity index (χ4v) is 6.80. The van der Waals surface area contributed by atoms with E-state index in [4.69, 9.17) is 10.5 Å². The molecule has 2 bridgehead atoms. The molecule has 2 saturated carbocycles. The number of hydrogen-bond acceptors (Lipinski definition) is 5. The van der Waals surface area contributed by atoms with Crippen LogP contribution in [0.2, 0.25) is 0 Å². The Morgan fingerprint density at radius 2 is 1.93 bits per heavy atom. The molecule has 152 valence electrons. The number of nitrogens with one attached hydrogen (secondary N) is 3. The molecule has 2 fully saturated rings. The van der Waals surface area contributed by atoms with E-state index < -0.39 is 0 Å². The molecule has 30 heavy (non-hydrogen) atoms. The lowest BCUT2D eigenvalue weighted by molar-refractivity contribution is 0.247. The van der Waals surface area contributed by atoms with Crippen LogP contribution in [0.4, 0.5) is 11.5 Å². The number of rotatable bonds is 2. The van der Waals surface area contributed by atoms with Crippen molar-refractivity contribution < 1.29 is 4.74 Å². The Hall–Kier alpha value is -3.22. The van der Waals surface area contributed by atoms with Gasteiger partial charge >= 0.3 is 0 Å². The average molecular weight is 400 g/mol. The van der Waals surface area contributed by atoms with Gasteiger partial charge in [-0.15, -0.1) is 0 Å². The fourth-order valence-electron chi connectivity index (χ4n) is 6.80. The maximum Gasteiger partial charge on any atom is 0.153 e. The molecule has 4 aromatic rings. The molecule has 3 aliphatic rings. The van der Waals surface area contributed by atoms with Crippen molar-refractivity contribution >= 4 is 33.3 Å². The molecule has 2 aliphatic carbocycles. The van der Waals surface area contributed by atoms with Crippen LogP contribution in [0.15, 0.2) is 30.5 Å². The summed E-state index contributed by atoms with van der Waals surface area (Å²) >= 11 is 0. The minimum Gasteiger partial charge on any atom is -0.494 e. The van der Waals surface area contributed by atoms with Gasteiger partial charge < -0.3 is 15.8 Å². The summed E-state index contributed by atoms with van der Waals surface area (Å²) in [7, 11) is 1.75. The summed E-state index contributed by atoms with van der Waals surface area (Å²) in [6.07, 6.45) is 5.96. The summed E-state index contributed by atoms with van der Waals surface area (Å²) in [6.45, 7) is 0. The van der Waals surface area contributed by atoms with Crippen LogP contribution in [0, 0.1) is 17.8 Å². The summed E-state index contributed by atoms with van der Waals surface area (Å²) in [5, 5.41) is 20.9. The van der Waals surface area contributed by atoms with Gasteiger partial charge in [0.2, 0.25) is 0 Å². The monoisotopic (exact) mass is 400 g/mol. The molecule has 0 radical (unpaired) electrons. The Labute approximate surface area is 173 Å². The van der Waals surface area contributed by atoms with Crippen molar-refractivity contribution in [3.63, 3.8) is 0 Å². The second-order valence-electron chi connectivity index (χ2n) is 9.17. The van der Waals surface area contributed by atoms with Crippen molar-refractivity contribution in [3.05, 3.63) is 41.6 Å². The molecule has 2 aromatic carbocycles. The molecule has 2 aromatic heterocycles. The van der Waals surface area contributed by atoms with Crippen LogP contribution in [0.5, 0.6) is 5.75 Å². The number of fused-ring (bicyclic) bond motifs is 10. The summed E-state index contributed by atoms with van der Waals surface area (Å²) in [6, 6.07) is 8.83. The van der Waals surface area contributed by atoms with Crippen molar-refractivity contribution in [2.45, 2.75) is 31.2 Å². The molecule has 1 aliphatic heterocycles. The van der Waals surface area contributed by atoms with Gasteiger partial charge in [0.05, 0.1) is 36.1 Å². The van der Waals surface area contributed by atoms with E-state index in [-0.39, 0.29) is 6.04 Å². The third-order valence-electron chi connectivity index (χ3n) is 7.94. The third-order valence-corrected chi connectivity index (χ3v) is 7.94. The van der Waals surface area contributed by atoms with Gasteiger partial charge in [0, 0.05) is 16.8 Å². The molecule has 0 spiro atoms. The van der Waals surface area contributed by atoms with E-state index in [1.807, 2.05) is 6.20 Å². The highest BCUT2D eigenvalue weighted by molar-refractivity contribution is 5.92. The topological polar surface area (TPSA) is 105 Å². The van der Waals surface area contributed by atoms with Gasteiger partial charge in [-0.25, -0.2) is 0 Å². The Morgan fingerprint density at radius 3 is 2.83 bits per heavy atom. The minimum absolute atomic E-state index is 0.241. The maximum atomic E-state index is 6.00. The van der Waals surface area contributed by atoms with Crippen LogP contribution in [0.1, 0.15) is 42.3 Å². The first-order valence-electron chi connectivity index (χ1n) is 10.8. The highest BCUT2D eigenvalue weighted by Gasteiger charge is 2.54. The summed E-state index contributed by atoms with van der Waals surface area (Å²) in [4.78, 5) is 0. The molecule has 0 amide bonds. The highest BCUT2D eigenvalue weighted by atomic mass is 16.5. The van der Waals surface area contributed by atoms with Crippen molar-refractivity contribution in [1.82, 2.24) is 20.4 Å². The Bertz CT molecular complexity index is 1310. The van der Waals surface area contributed by atoms with E-state index in [0.717, 1.165) is 39.7 Å². The number of ether oxygens (including phenoxy) is 1. The largest absolute Gasteiger partial charge is 0.494 e. The lowest BCUT2D eigenvalue weighted by Gasteiger charge is -2.44.